The molecule has 0 amide bonds. The summed E-state index contributed by atoms with van der Waals surface area (Å²) in [5, 5.41) is 9.36. The van der Waals surface area contributed by atoms with Crippen LogP contribution in [0, 0.1) is 6.92 Å². The maximum Gasteiger partial charge on any atom is 0.0762 e. The normalized spacial score (nSPS) is 13.0. The summed E-state index contributed by atoms with van der Waals surface area (Å²) in [5.74, 6) is 0. The number of benzene rings is 1. The Morgan fingerprint density at radius 3 is 2.50 bits per heavy atom. The number of hydrogen-bond donors (Lipinski definition) is 1. The van der Waals surface area contributed by atoms with E-state index in [4.69, 9.17) is 0 Å². The highest BCUT2D eigenvalue weighted by Gasteiger charge is 2.02. The van der Waals surface area contributed by atoms with Gasteiger partial charge in [0.15, 0.2) is 0 Å². The van der Waals surface area contributed by atoms with E-state index in [0.29, 0.717) is 0 Å². The lowest BCUT2D eigenvalue weighted by molar-refractivity contribution is 0.199. The van der Waals surface area contributed by atoms with Gasteiger partial charge in [-0.15, -0.1) is 11.8 Å². The Kier molecular flexibility index (Phi) is 3.18. The molecule has 0 aliphatic carbocycles. The number of aryl methyl sites for hydroxylation is 1. The maximum absolute atomic E-state index is 9.36. The van der Waals surface area contributed by atoms with Crippen molar-refractivity contribution in [1.29, 1.82) is 0 Å². The lowest BCUT2D eigenvalue weighted by Gasteiger charge is -2.07. The van der Waals surface area contributed by atoms with Crippen LogP contribution in [0.3, 0.4) is 0 Å². The van der Waals surface area contributed by atoms with Crippen molar-refractivity contribution in [3.63, 3.8) is 0 Å². The summed E-state index contributed by atoms with van der Waals surface area (Å²) >= 11 is 1.70. The first-order valence-electron chi connectivity index (χ1n) is 3.97. The lowest BCUT2D eigenvalue weighted by atomic mass is 10.1. The smallest absolute Gasteiger partial charge is 0.0762 e. The fourth-order valence-corrected chi connectivity index (χ4v) is 1.69. The first-order valence-corrected chi connectivity index (χ1v) is 5.19. The van der Waals surface area contributed by atoms with Gasteiger partial charge in [-0.25, -0.2) is 0 Å². The Balaban J connectivity index is 3.06. The molecule has 1 unspecified atom stereocenters. The fourth-order valence-electron chi connectivity index (χ4n) is 1.14. The van der Waals surface area contributed by atoms with Gasteiger partial charge in [-0.1, -0.05) is 6.07 Å². The number of hydrogen-bond acceptors (Lipinski definition) is 2. The molecule has 12 heavy (non-hydrogen) atoms. The van der Waals surface area contributed by atoms with Crippen LogP contribution in [-0.4, -0.2) is 11.4 Å². The highest BCUT2D eigenvalue weighted by atomic mass is 32.2. The molecule has 0 spiro atoms. The van der Waals surface area contributed by atoms with Crippen LogP contribution in [0.25, 0.3) is 0 Å². The van der Waals surface area contributed by atoms with Crippen LogP contribution in [-0.2, 0) is 0 Å². The summed E-state index contributed by atoms with van der Waals surface area (Å²) < 4.78 is 0. The van der Waals surface area contributed by atoms with E-state index in [9.17, 15) is 5.11 Å². The Bertz CT molecular complexity index is 269. The van der Waals surface area contributed by atoms with Gasteiger partial charge in [-0.3, -0.25) is 0 Å². The first kappa shape index (κ1) is 9.62. The molecule has 0 aliphatic heterocycles. The van der Waals surface area contributed by atoms with Crippen LogP contribution in [0.15, 0.2) is 23.1 Å². The van der Waals surface area contributed by atoms with Gasteiger partial charge < -0.3 is 5.11 Å². The first-order chi connectivity index (χ1) is 5.63. The zero-order valence-electron chi connectivity index (χ0n) is 7.66. The molecule has 0 saturated carbocycles. The van der Waals surface area contributed by atoms with Gasteiger partial charge in [0.2, 0.25) is 0 Å². The Morgan fingerprint density at radius 2 is 2.00 bits per heavy atom. The van der Waals surface area contributed by atoms with E-state index >= 15 is 0 Å². The van der Waals surface area contributed by atoms with Crippen molar-refractivity contribution in [2.24, 2.45) is 0 Å². The van der Waals surface area contributed by atoms with Crippen LogP contribution < -0.4 is 0 Å². The van der Waals surface area contributed by atoms with Crippen LogP contribution >= 0.6 is 11.8 Å². The molecule has 0 bridgehead atoms. The van der Waals surface area contributed by atoms with Gasteiger partial charge >= 0.3 is 0 Å². The third kappa shape index (κ3) is 2.26. The second-order valence-electron chi connectivity index (χ2n) is 2.96. The van der Waals surface area contributed by atoms with Crippen molar-refractivity contribution in [2.75, 3.05) is 6.26 Å². The van der Waals surface area contributed by atoms with Gasteiger partial charge in [0.1, 0.15) is 0 Å². The lowest BCUT2D eigenvalue weighted by Crippen LogP contribution is -1.91. The third-order valence-electron chi connectivity index (χ3n) is 1.79. The molecule has 0 heterocycles. The van der Waals surface area contributed by atoms with Crippen LogP contribution in [0.1, 0.15) is 24.2 Å². The quantitative estimate of drug-likeness (QED) is 0.710. The highest BCUT2D eigenvalue weighted by molar-refractivity contribution is 7.98. The zero-order valence-corrected chi connectivity index (χ0v) is 8.48. The summed E-state index contributed by atoms with van der Waals surface area (Å²) in [4.78, 5) is 1.21. The molecule has 1 atom stereocenters. The van der Waals surface area contributed by atoms with E-state index in [-0.39, 0.29) is 6.10 Å². The minimum Gasteiger partial charge on any atom is -0.389 e. The SMILES string of the molecule is CSc1cc(C)cc(C(C)O)c1. The predicted molar refractivity (Wildman–Crippen MR) is 53.6 cm³/mol. The minimum atomic E-state index is -0.365. The monoisotopic (exact) mass is 182 g/mol. The zero-order chi connectivity index (χ0) is 9.14. The van der Waals surface area contributed by atoms with E-state index in [1.54, 1.807) is 18.7 Å². The second-order valence-corrected chi connectivity index (χ2v) is 3.84. The van der Waals surface area contributed by atoms with Crippen LogP contribution in [0.5, 0.6) is 0 Å². The topological polar surface area (TPSA) is 20.2 Å². The van der Waals surface area contributed by atoms with Crippen molar-refractivity contribution in [1.82, 2.24) is 0 Å². The van der Waals surface area contributed by atoms with Crippen molar-refractivity contribution in [3.8, 4) is 0 Å². The van der Waals surface area contributed by atoms with E-state index in [1.807, 2.05) is 25.3 Å². The molecule has 66 valence electrons. The van der Waals surface area contributed by atoms with Gasteiger partial charge in [-0.05, 0) is 43.4 Å². The molecule has 1 N–H and O–H groups in total. The Morgan fingerprint density at radius 1 is 1.33 bits per heavy atom. The summed E-state index contributed by atoms with van der Waals surface area (Å²) in [5.41, 5.74) is 2.21. The van der Waals surface area contributed by atoms with E-state index < -0.39 is 0 Å². The van der Waals surface area contributed by atoms with Crippen molar-refractivity contribution in [3.05, 3.63) is 29.3 Å². The average Bonchev–Trinajstić information content (AvgIpc) is 2.03. The van der Waals surface area contributed by atoms with Crippen molar-refractivity contribution >= 4 is 11.8 Å². The standard InChI is InChI=1S/C10H14OS/c1-7-4-9(8(2)11)6-10(5-7)12-3/h4-6,8,11H,1-3H3. The van der Waals surface area contributed by atoms with Crippen molar-refractivity contribution < 1.29 is 5.11 Å². The molecule has 1 nitrogen and oxygen atoms in total. The van der Waals surface area contributed by atoms with Gasteiger partial charge in [0.05, 0.1) is 6.10 Å². The molecule has 2 heteroatoms. The second kappa shape index (κ2) is 3.97. The molecular weight excluding hydrogens is 168 g/mol. The summed E-state index contributed by atoms with van der Waals surface area (Å²) in [6, 6.07) is 6.17. The van der Waals surface area contributed by atoms with Gasteiger partial charge in [0, 0.05) is 4.90 Å². The number of aliphatic hydroxyl groups is 1. The van der Waals surface area contributed by atoms with Crippen LogP contribution in [0.4, 0.5) is 0 Å². The Labute approximate surface area is 77.8 Å². The highest BCUT2D eigenvalue weighted by Crippen LogP contribution is 2.22. The molecule has 0 fully saturated rings. The third-order valence-corrected chi connectivity index (χ3v) is 2.50. The molecule has 0 aliphatic rings. The largest absolute Gasteiger partial charge is 0.389 e. The summed E-state index contributed by atoms with van der Waals surface area (Å²) in [6.07, 6.45) is 1.68. The van der Waals surface area contributed by atoms with E-state index in [0.717, 1.165) is 5.56 Å². The maximum atomic E-state index is 9.36. The Hall–Kier alpha value is -0.470. The molecule has 1 aromatic rings. The number of aliphatic hydroxyl groups excluding tert-OH is 1. The number of thioether (sulfide) groups is 1. The predicted octanol–water partition coefficient (Wildman–Crippen LogP) is 2.77. The van der Waals surface area contributed by atoms with E-state index in [2.05, 4.69) is 6.07 Å². The molecule has 1 aromatic carbocycles. The van der Waals surface area contributed by atoms with Crippen molar-refractivity contribution in [2.45, 2.75) is 24.8 Å². The summed E-state index contributed by atoms with van der Waals surface area (Å²) in [6.45, 7) is 3.84. The van der Waals surface area contributed by atoms with Gasteiger partial charge in [0.25, 0.3) is 0 Å². The fraction of sp³-hybridized carbons (Fsp3) is 0.400. The van der Waals surface area contributed by atoms with Crippen LogP contribution in [0.2, 0.25) is 0 Å². The minimum absolute atomic E-state index is 0.365. The molecule has 1 rings (SSSR count). The number of rotatable bonds is 2. The van der Waals surface area contributed by atoms with E-state index in [1.165, 1.54) is 10.5 Å². The molecule has 0 aromatic heterocycles. The molecular formula is C10H14OS. The summed E-state index contributed by atoms with van der Waals surface area (Å²) in [7, 11) is 0. The van der Waals surface area contributed by atoms with Gasteiger partial charge in [-0.2, -0.15) is 0 Å². The molecule has 0 saturated heterocycles. The average molecular weight is 182 g/mol. The molecule has 0 radical (unpaired) electrons.